The number of unbranched alkanes of at least 4 members (excludes halogenated alkanes) is 7. The summed E-state index contributed by atoms with van der Waals surface area (Å²) in [6, 6.07) is 0. The number of aliphatic hydroxyl groups excluding tert-OH is 1. The molecule has 2 unspecified atom stereocenters. The minimum Gasteiger partial charge on any atom is -0.345 e. The van der Waals surface area contributed by atoms with Gasteiger partial charge in [0.25, 0.3) is 0 Å². The van der Waals surface area contributed by atoms with Crippen LogP contribution in [0.25, 0.3) is 0 Å². The molecule has 0 saturated carbocycles. The average molecular weight is 295 g/mol. The highest BCUT2D eigenvalue weighted by Gasteiger charge is 2.40. The first kappa shape index (κ1) is 18.4. The summed E-state index contributed by atoms with van der Waals surface area (Å²) in [6.45, 7) is 10.7. The predicted molar refractivity (Wildman–Crippen MR) is 91.4 cm³/mol. The molecule has 1 N–H and O–H groups in total. The highest BCUT2D eigenvalue weighted by atomic mass is 16.3. The lowest BCUT2D eigenvalue weighted by molar-refractivity contribution is -0.882. The van der Waals surface area contributed by atoms with Gasteiger partial charge in [0.05, 0.1) is 13.1 Å². The van der Waals surface area contributed by atoms with Crippen LogP contribution in [-0.2, 0) is 0 Å². The second-order valence-corrected chi connectivity index (χ2v) is 6.31. The molecule has 1 aliphatic rings. The molecule has 0 saturated heterocycles. The highest BCUT2D eigenvalue weighted by molar-refractivity contribution is 5.76. The van der Waals surface area contributed by atoms with Crippen LogP contribution in [0.15, 0.2) is 17.6 Å². The van der Waals surface area contributed by atoms with Crippen LogP contribution in [-0.4, -0.2) is 41.3 Å². The third-order valence-corrected chi connectivity index (χ3v) is 4.90. The fourth-order valence-corrected chi connectivity index (χ4v) is 3.39. The number of likely N-dealkylation sites (N-methyl/N-ethyl adjacent to an activating group) is 1. The molecule has 0 spiro atoms. The van der Waals surface area contributed by atoms with Crippen molar-refractivity contribution in [2.45, 2.75) is 77.9 Å². The summed E-state index contributed by atoms with van der Waals surface area (Å²) in [5, 5.41) is 10.1. The standard InChI is InChI=1S/C18H35N2O/c1-4-6-7-8-9-10-11-12-13-14-18-19-15-16-20(18,5-2)17(3)21/h4,17,21H,1,5-16H2,2-3H3/q+1. The van der Waals surface area contributed by atoms with E-state index < -0.39 is 0 Å². The SMILES string of the molecule is C=CCCCCCCCCCC1=NCC[N+]1(CC)C(C)O. The Kier molecular flexibility index (Phi) is 8.86. The Morgan fingerprint density at radius 2 is 1.81 bits per heavy atom. The van der Waals surface area contributed by atoms with E-state index in [4.69, 9.17) is 0 Å². The summed E-state index contributed by atoms with van der Waals surface area (Å²) in [5.74, 6) is 1.23. The van der Waals surface area contributed by atoms with Crippen molar-refractivity contribution >= 4 is 5.84 Å². The third kappa shape index (κ3) is 5.55. The van der Waals surface area contributed by atoms with Gasteiger partial charge in [-0.2, -0.15) is 0 Å². The number of quaternary nitrogens is 1. The molecule has 3 heteroatoms. The van der Waals surface area contributed by atoms with E-state index in [9.17, 15) is 5.11 Å². The minimum atomic E-state index is -0.318. The third-order valence-electron chi connectivity index (χ3n) is 4.90. The Bertz CT molecular complexity index is 325. The van der Waals surface area contributed by atoms with Crippen molar-refractivity contribution in [3.05, 3.63) is 12.7 Å². The van der Waals surface area contributed by atoms with Crippen molar-refractivity contribution in [2.24, 2.45) is 4.99 Å². The van der Waals surface area contributed by atoms with E-state index in [0.717, 1.165) is 32.5 Å². The molecular formula is C18H35N2O+. The monoisotopic (exact) mass is 295 g/mol. The molecule has 0 radical (unpaired) electrons. The average Bonchev–Trinajstić information content (AvgIpc) is 2.89. The van der Waals surface area contributed by atoms with Gasteiger partial charge in [0, 0.05) is 13.3 Å². The van der Waals surface area contributed by atoms with E-state index in [1.165, 1.54) is 50.8 Å². The first-order valence-corrected chi connectivity index (χ1v) is 8.87. The van der Waals surface area contributed by atoms with E-state index in [0.29, 0.717) is 4.48 Å². The van der Waals surface area contributed by atoms with Gasteiger partial charge >= 0.3 is 0 Å². The van der Waals surface area contributed by atoms with Crippen molar-refractivity contribution in [2.75, 3.05) is 19.6 Å². The summed E-state index contributed by atoms with van der Waals surface area (Å²) in [5.41, 5.74) is 0. The van der Waals surface area contributed by atoms with Crippen molar-refractivity contribution in [3.8, 4) is 0 Å². The van der Waals surface area contributed by atoms with Gasteiger partial charge in [0.2, 0.25) is 5.84 Å². The van der Waals surface area contributed by atoms with Gasteiger partial charge in [0.15, 0.2) is 6.23 Å². The summed E-state index contributed by atoms with van der Waals surface area (Å²) in [6.07, 6.45) is 13.1. The molecule has 1 heterocycles. The van der Waals surface area contributed by atoms with Gasteiger partial charge in [-0.1, -0.05) is 38.2 Å². The maximum absolute atomic E-state index is 10.1. The van der Waals surface area contributed by atoms with Crippen LogP contribution in [0.1, 0.15) is 71.6 Å². The van der Waals surface area contributed by atoms with Gasteiger partial charge < -0.3 is 5.11 Å². The van der Waals surface area contributed by atoms with Crippen molar-refractivity contribution < 1.29 is 9.59 Å². The fourth-order valence-electron chi connectivity index (χ4n) is 3.39. The zero-order valence-corrected chi connectivity index (χ0v) is 14.2. The van der Waals surface area contributed by atoms with Crippen molar-refractivity contribution in [1.29, 1.82) is 0 Å². The van der Waals surface area contributed by atoms with Crippen molar-refractivity contribution in [1.82, 2.24) is 0 Å². The second-order valence-electron chi connectivity index (χ2n) is 6.31. The number of hydrogen-bond acceptors (Lipinski definition) is 2. The van der Waals surface area contributed by atoms with Crippen LogP contribution < -0.4 is 0 Å². The Balaban J connectivity index is 2.13. The molecule has 0 aliphatic carbocycles. The van der Waals surface area contributed by atoms with Crippen molar-refractivity contribution in [3.63, 3.8) is 0 Å². The number of aliphatic hydroxyl groups is 1. The number of amidine groups is 1. The van der Waals surface area contributed by atoms with Gasteiger partial charge in [-0.05, 0) is 26.2 Å². The van der Waals surface area contributed by atoms with E-state index in [1.807, 2.05) is 13.0 Å². The number of rotatable bonds is 12. The maximum Gasteiger partial charge on any atom is 0.200 e. The van der Waals surface area contributed by atoms with Crippen LogP contribution in [0.2, 0.25) is 0 Å². The number of aliphatic imine (C=N–C) groups is 1. The number of hydrogen-bond donors (Lipinski definition) is 1. The normalized spacial score (nSPS) is 23.1. The van der Waals surface area contributed by atoms with Gasteiger partial charge in [0.1, 0.15) is 6.54 Å². The van der Waals surface area contributed by atoms with Gasteiger partial charge in [-0.25, -0.2) is 4.99 Å². The van der Waals surface area contributed by atoms with E-state index >= 15 is 0 Å². The highest BCUT2D eigenvalue weighted by Crippen LogP contribution is 2.22. The molecule has 0 amide bonds. The van der Waals surface area contributed by atoms with Crippen LogP contribution in [0.3, 0.4) is 0 Å². The Morgan fingerprint density at radius 3 is 2.38 bits per heavy atom. The van der Waals surface area contributed by atoms with E-state index in [2.05, 4.69) is 18.5 Å². The molecule has 0 aromatic carbocycles. The molecule has 0 fully saturated rings. The second kappa shape index (κ2) is 10.1. The molecular weight excluding hydrogens is 260 g/mol. The predicted octanol–water partition coefficient (Wildman–Crippen LogP) is 4.27. The Morgan fingerprint density at radius 1 is 1.19 bits per heavy atom. The molecule has 1 aliphatic heterocycles. The molecule has 1 rings (SSSR count). The van der Waals surface area contributed by atoms with Gasteiger partial charge in [-0.15, -0.1) is 6.58 Å². The lowest BCUT2D eigenvalue weighted by Crippen LogP contribution is -2.56. The van der Waals surface area contributed by atoms with Crippen LogP contribution >= 0.6 is 0 Å². The lowest BCUT2D eigenvalue weighted by Gasteiger charge is -2.36. The fraction of sp³-hybridized carbons (Fsp3) is 0.833. The topological polar surface area (TPSA) is 32.6 Å². The Hall–Kier alpha value is -0.670. The van der Waals surface area contributed by atoms with Crippen LogP contribution in [0.4, 0.5) is 0 Å². The summed E-state index contributed by atoms with van der Waals surface area (Å²) in [4.78, 5) is 4.67. The van der Waals surface area contributed by atoms with E-state index in [-0.39, 0.29) is 6.23 Å². The molecule has 0 aromatic heterocycles. The molecule has 0 bridgehead atoms. The first-order valence-electron chi connectivity index (χ1n) is 8.87. The quantitative estimate of drug-likeness (QED) is 0.325. The van der Waals surface area contributed by atoms with E-state index in [1.54, 1.807) is 0 Å². The maximum atomic E-state index is 10.1. The zero-order chi connectivity index (χ0) is 15.6. The molecule has 0 aromatic rings. The number of nitrogens with zero attached hydrogens (tertiary/aromatic N) is 2. The molecule has 122 valence electrons. The largest absolute Gasteiger partial charge is 0.345 e. The smallest absolute Gasteiger partial charge is 0.200 e. The van der Waals surface area contributed by atoms with Gasteiger partial charge in [-0.3, -0.25) is 4.48 Å². The minimum absolute atomic E-state index is 0.318. The number of allylic oxidation sites excluding steroid dienone is 1. The summed E-state index contributed by atoms with van der Waals surface area (Å²) < 4.78 is 0.710. The van der Waals surface area contributed by atoms with Crippen LogP contribution in [0.5, 0.6) is 0 Å². The first-order chi connectivity index (χ1) is 10.2. The zero-order valence-electron chi connectivity index (χ0n) is 14.2. The molecule has 3 nitrogen and oxygen atoms in total. The molecule has 2 atom stereocenters. The lowest BCUT2D eigenvalue weighted by atomic mass is 10.1. The molecule has 21 heavy (non-hydrogen) atoms. The van der Waals surface area contributed by atoms with Crippen LogP contribution in [0, 0.1) is 0 Å². The summed E-state index contributed by atoms with van der Waals surface area (Å²) in [7, 11) is 0. The Labute approximate surface area is 131 Å². The summed E-state index contributed by atoms with van der Waals surface area (Å²) >= 11 is 0.